The van der Waals surface area contributed by atoms with Crippen LogP contribution in [0.3, 0.4) is 0 Å². The molecule has 4 aromatic carbocycles. The molecule has 0 spiro atoms. The van der Waals surface area contributed by atoms with Gasteiger partial charge in [-0.05, 0) is 213 Å². The summed E-state index contributed by atoms with van der Waals surface area (Å²) in [5, 5.41) is 18.7. The fourth-order valence-corrected chi connectivity index (χ4v) is 11.0. The van der Waals surface area contributed by atoms with E-state index < -0.39 is 35.4 Å². The maximum atomic E-state index is 12.9. The first-order valence-electron chi connectivity index (χ1n) is 24.0. The van der Waals surface area contributed by atoms with Crippen LogP contribution in [0.5, 0.6) is 23.0 Å². The van der Waals surface area contributed by atoms with Gasteiger partial charge in [0.2, 0.25) is 11.6 Å². The number of carbonyl (C=O) groups excluding carboxylic acids is 4. The van der Waals surface area contributed by atoms with Crippen LogP contribution >= 0.6 is 159 Å². The minimum atomic E-state index is -1.03. The summed E-state index contributed by atoms with van der Waals surface area (Å²) in [6.45, 7) is 20.8. The Hall–Kier alpha value is -2.81. The van der Waals surface area contributed by atoms with Crippen molar-refractivity contribution in [2.24, 2.45) is 0 Å². The molecular formula is C55H63Cl4I5N2O14. The van der Waals surface area contributed by atoms with E-state index >= 15 is 0 Å². The Morgan fingerprint density at radius 2 is 0.838 bits per heavy atom. The number of rotatable bonds is 20. The minimum absolute atomic E-state index is 0.0140. The van der Waals surface area contributed by atoms with Gasteiger partial charge in [-0.3, -0.25) is 9.59 Å². The molecule has 2 N–H and O–H groups in total. The topological polar surface area (TPSA) is 205 Å². The van der Waals surface area contributed by atoms with E-state index in [1.165, 1.54) is 30.6 Å². The predicted molar refractivity (Wildman–Crippen MR) is 357 cm³/mol. The average Bonchev–Trinajstić information content (AvgIpc) is 3.34. The second-order valence-corrected chi connectivity index (χ2v) is 25.2. The Balaban J connectivity index is 0.000000546. The van der Waals surface area contributed by atoms with Gasteiger partial charge in [0.05, 0.1) is 86.7 Å². The molecule has 80 heavy (non-hydrogen) atoms. The number of hydrogen-bond donors (Lipinski definition) is 2. The van der Waals surface area contributed by atoms with Crippen molar-refractivity contribution in [1.29, 1.82) is 0 Å². The molecule has 0 heterocycles. The Morgan fingerprint density at radius 1 is 0.500 bits per heavy atom. The molecule has 0 aliphatic heterocycles. The second-order valence-electron chi connectivity index (χ2n) is 18.0. The van der Waals surface area contributed by atoms with E-state index in [9.17, 15) is 28.8 Å². The smallest absolute Gasteiger partial charge is 0.343 e. The van der Waals surface area contributed by atoms with Crippen LogP contribution in [-0.2, 0) is 19.1 Å². The average molecular weight is 1750 g/mol. The number of halogens is 9. The molecule has 0 aromatic heterocycles. The lowest BCUT2D eigenvalue weighted by Gasteiger charge is -2.18. The Morgan fingerprint density at radius 3 is 1.21 bits per heavy atom. The molecule has 0 aliphatic rings. The molecule has 4 rings (SSSR count). The van der Waals surface area contributed by atoms with Crippen LogP contribution in [0.15, 0.2) is 59.9 Å². The van der Waals surface area contributed by atoms with Gasteiger partial charge in [0.25, 0.3) is 0 Å². The van der Waals surface area contributed by atoms with Gasteiger partial charge in [-0.25, -0.2) is 19.2 Å². The Labute approximate surface area is 556 Å². The molecule has 0 fully saturated rings. The molecule has 0 atom stereocenters. The first kappa shape index (κ1) is 75.2. The summed E-state index contributed by atoms with van der Waals surface area (Å²) in [5.74, 6) is -1.88. The summed E-state index contributed by atoms with van der Waals surface area (Å²) in [5.41, 5.74) is 1.21. The maximum absolute atomic E-state index is 12.9. The summed E-state index contributed by atoms with van der Waals surface area (Å²) >= 11 is 34.7. The molecule has 0 saturated heterocycles. The van der Waals surface area contributed by atoms with Gasteiger partial charge in [0.1, 0.15) is 34.1 Å². The van der Waals surface area contributed by atoms with E-state index in [4.69, 9.17) is 85.0 Å². The highest BCUT2D eigenvalue weighted by atomic mass is 127. The summed E-state index contributed by atoms with van der Waals surface area (Å²) < 4.78 is 36.1. The highest BCUT2D eigenvalue weighted by molar-refractivity contribution is 14.1. The second kappa shape index (κ2) is 36.1. The van der Waals surface area contributed by atoms with Crippen molar-refractivity contribution >= 4 is 195 Å². The molecule has 0 aliphatic carbocycles. The van der Waals surface area contributed by atoms with Crippen LogP contribution in [0.1, 0.15) is 116 Å². The van der Waals surface area contributed by atoms with Gasteiger partial charge in [0.15, 0.2) is 0 Å². The van der Waals surface area contributed by atoms with Crippen molar-refractivity contribution in [3.8, 4) is 23.0 Å². The standard InChI is InChI=1S/C18H23ClINO4.C17H21ClINO4.C10H9ClI2O3.C10H10ClIO3/c1-7-24-18(23)13(9-21(5)6)16(22)12-8-14(20)17(25-10(2)3)11(4)15(12)19;1-6-23-17(22)12(9-20(4)5)16(21)11-7-14(19)15(8-13(11)18)24-10(2)3;1-4(2)16-9-6(12)3-5(10(14)15)7(11)8(9)13;1-5(2)15-9-4-7(11)6(10(13)14)3-8(9)12/h8-10H,7H2,1-6H3;7-10H,6H2,1-5H3;3-4H,1-2H3,(H,14,15);3-5H,1-2H3,(H,13,14)/b13-9-;12-9-;;. The van der Waals surface area contributed by atoms with Crippen molar-refractivity contribution in [2.75, 3.05) is 41.4 Å². The zero-order valence-corrected chi connectivity index (χ0v) is 60.2. The van der Waals surface area contributed by atoms with Crippen LogP contribution in [0.25, 0.3) is 0 Å². The molecule has 0 bridgehead atoms. The number of hydrogen-bond acceptors (Lipinski definition) is 14. The zero-order valence-electron chi connectivity index (χ0n) is 46.4. The van der Waals surface area contributed by atoms with Gasteiger partial charge < -0.3 is 48.4 Å². The number of carboxylic acids is 2. The lowest BCUT2D eigenvalue weighted by atomic mass is 10.0. The van der Waals surface area contributed by atoms with Crippen LogP contribution in [0.2, 0.25) is 20.1 Å². The molecule has 16 nitrogen and oxygen atoms in total. The third kappa shape index (κ3) is 24.0. The number of esters is 2. The molecule has 440 valence electrons. The summed E-state index contributed by atoms with van der Waals surface area (Å²) in [6.07, 6.45) is 2.90. The van der Waals surface area contributed by atoms with Crippen molar-refractivity contribution in [1.82, 2.24) is 9.80 Å². The first-order chi connectivity index (χ1) is 37.0. The summed E-state index contributed by atoms with van der Waals surface area (Å²) in [6, 6.07) is 9.40. The number of benzene rings is 4. The lowest BCUT2D eigenvalue weighted by molar-refractivity contribution is -0.139. The quantitative estimate of drug-likeness (QED) is 0.0161. The maximum Gasteiger partial charge on any atom is 0.343 e. The number of nitrogens with zero attached hydrogens (tertiary/aromatic N) is 2. The number of Topliss-reactive ketones (excluding diaryl/α,β-unsaturated/α-hetero) is 2. The van der Waals surface area contributed by atoms with E-state index in [1.807, 2.05) is 123 Å². The predicted octanol–water partition coefficient (Wildman–Crippen LogP) is 15.6. The zero-order chi connectivity index (χ0) is 61.8. The molecule has 0 amide bonds. The lowest BCUT2D eigenvalue weighted by Crippen LogP contribution is -2.20. The number of ketones is 2. The van der Waals surface area contributed by atoms with Crippen LogP contribution in [-0.4, -0.2) is 121 Å². The van der Waals surface area contributed by atoms with Gasteiger partial charge in [-0.1, -0.05) is 46.4 Å². The van der Waals surface area contributed by atoms with E-state index in [0.29, 0.717) is 32.1 Å². The summed E-state index contributed by atoms with van der Waals surface area (Å²) in [4.78, 5) is 74.9. The third-order valence-corrected chi connectivity index (χ3v) is 15.3. The highest BCUT2D eigenvalue weighted by Gasteiger charge is 2.28. The van der Waals surface area contributed by atoms with Gasteiger partial charge in [-0.2, -0.15) is 0 Å². The molecular weight excluding hydrogens is 1690 g/mol. The fraction of sp³-hybridized carbons (Fsp3) is 0.382. The number of aromatic carboxylic acids is 2. The van der Waals surface area contributed by atoms with Crippen molar-refractivity contribution in [3.05, 3.63) is 126 Å². The SMILES string of the molecule is CC(C)Oc1c(I)cc(C(=O)O)c(Cl)c1I.CC(C)Oc1cc(Cl)c(C(=O)O)cc1I.CCOC(=O)/C(=C\N(C)C)C(=O)c1cc(I)c(OC(C)C)c(C)c1Cl.CCOC(=O)/C(=C\N(C)C)C(=O)c1cc(I)c(OC(C)C)cc1Cl. The minimum Gasteiger partial charge on any atom is -0.490 e. The molecule has 0 unspecified atom stereocenters. The largest absolute Gasteiger partial charge is 0.490 e. The highest BCUT2D eigenvalue weighted by Crippen LogP contribution is 2.38. The normalized spacial score (nSPS) is 11.1. The molecule has 0 saturated carbocycles. The van der Waals surface area contributed by atoms with E-state index in [1.54, 1.807) is 77.0 Å². The Kier molecular flexibility index (Phi) is 34.0. The van der Waals surface area contributed by atoms with Crippen LogP contribution in [0.4, 0.5) is 0 Å². The monoisotopic (exact) mass is 1750 g/mol. The number of ether oxygens (including phenoxy) is 6. The Bertz CT molecular complexity index is 2950. The van der Waals surface area contributed by atoms with Crippen LogP contribution < -0.4 is 18.9 Å². The summed E-state index contributed by atoms with van der Waals surface area (Å²) in [7, 11) is 6.89. The van der Waals surface area contributed by atoms with Crippen molar-refractivity contribution in [2.45, 2.75) is 101 Å². The fourth-order valence-electron chi connectivity index (χ4n) is 6.08. The van der Waals surface area contributed by atoms with E-state index in [0.717, 1.165) is 14.3 Å². The van der Waals surface area contributed by atoms with Gasteiger partial charge >= 0.3 is 23.9 Å². The van der Waals surface area contributed by atoms with E-state index in [2.05, 4.69) is 45.2 Å². The van der Waals surface area contributed by atoms with E-state index in [-0.39, 0.29) is 91.1 Å². The van der Waals surface area contributed by atoms with Crippen molar-refractivity contribution < 1.29 is 67.4 Å². The molecule has 0 radical (unpaired) electrons. The third-order valence-electron chi connectivity index (χ3n) is 9.19. The van der Waals surface area contributed by atoms with Crippen LogP contribution in [0, 0.1) is 24.8 Å². The van der Waals surface area contributed by atoms with Crippen molar-refractivity contribution in [3.63, 3.8) is 0 Å². The van der Waals surface area contributed by atoms with Gasteiger partial charge in [0, 0.05) is 69.4 Å². The number of carboxylic acid groups (broad SMARTS) is 2. The molecule has 4 aromatic rings. The number of carbonyl (C=O) groups is 6. The first-order valence-corrected chi connectivity index (χ1v) is 30.9. The molecule has 25 heteroatoms. The van der Waals surface area contributed by atoms with Gasteiger partial charge in [-0.15, -0.1) is 0 Å².